The Balaban J connectivity index is 2.20. The van der Waals surface area contributed by atoms with Gasteiger partial charge in [0.05, 0.1) is 7.11 Å². The summed E-state index contributed by atoms with van der Waals surface area (Å²) in [6.07, 6.45) is 3.41. The maximum Gasteiger partial charge on any atom is 0.254 e. The number of rotatable bonds is 3. The highest BCUT2D eigenvalue weighted by Crippen LogP contribution is 2.26. The van der Waals surface area contributed by atoms with E-state index >= 15 is 0 Å². The number of nitrogens with zero attached hydrogens (tertiary/aromatic N) is 1. The molecule has 1 fully saturated rings. The molecular formula is C13H18N2O2. The van der Waals surface area contributed by atoms with E-state index in [1.165, 1.54) is 6.42 Å². The largest absolute Gasteiger partial charge is 0.497 e. The summed E-state index contributed by atoms with van der Waals surface area (Å²) in [5.41, 5.74) is 6.89. The number of ether oxygens (including phenoxy) is 1. The molecule has 1 aliphatic rings. The second kappa shape index (κ2) is 4.65. The molecule has 0 heterocycles. The highest BCUT2D eigenvalue weighted by Gasteiger charge is 2.26. The van der Waals surface area contributed by atoms with Crippen molar-refractivity contribution in [3.63, 3.8) is 0 Å². The van der Waals surface area contributed by atoms with Gasteiger partial charge in [-0.15, -0.1) is 0 Å². The van der Waals surface area contributed by atoms with Gasteiger partial charge in [0.15, 0.2) is 0 Å². The van der Waals surface area contributed by atoms with E-state index in [-0.39, 0.29) is 5.91 Å². The second-order valence-electron chi connectivity index (χ2n) is 4.50. The minimum Gasteiger partial charge on any atom is -0.497 e. The topological polar surface area (TPSA) is 55.6 Å². The molecule has 0 aliphatic heterocycles. The first kappa shape index (κ1) is 11.8. The Kier molecular flexibility index (Phi) is 3.22. The summed E-state index contributed by atoms with van der Waals surface area (Å²) in [4.78, 5) is 14.0. The molecule has 17 heavy (non-hydrogen) atoms. The molecule has 0 bridgehead atoms. The Morgan fingerprint density at radius 1 is 1.41 bits per heavy atom. The smallest absolute Gasteiger partial charge is 0.254 e. The second-order valence-corrected chi connectivity index (χ2v) is 4.50. The van der Waals surface area contributed by atoms with Gasteiger partial charge in [0, 0.05) is 30.4 Å². The zero-order valence-electron chi connectivity index (χ0n) is 10.3. The minimum atomic E-state index is 0.0142. The van der Waals surface area contributed by atoms with Crippen molar-refractivity contribution < 1.29 is 9.53 Å². The van der Waals surface area contributed by atoms with Crippen molar-refractivity contribution in [2.45, 2.75) is 25.3 Å². The lowest BCUT2D eigenvalue weighted by molar-refractivity contribution is 0.0651. The molecule has 92 valence electrons. The predicted octanol–water partition coefficient (Wildman–Crippen LogP) is 1.90. The van der Waals surface area contributed by atoms with Crippen LogP contribution in [-0.2, 0) is 0 Å². The molecule has 0 unspecified atom stereocenters. The van der Waals surface area contributed by atoms with Crippen LogP contribution < -0.4 is 10.5 Å². The number of nitrogen functional groups attached to an aromatic ring is 1. The molecule has 0 aromatic heterocycles. The highest BCUT2D eigenvalue weighted by molar-refractivity contribution is 5.95. The van der Waals surface area contributed by atoms with Gasteiger partial charge in [-0.3, -0.25) is 4.79 Å². The maximum absolute atomic E-state index is 12.2. The highest BCUT2D eigenvalue weighted by atomic mass is 16.5. The van der Waals surface area contributed by atoms with E-state index < -0.39 is 0 Å². The van der Waals surface area contributed by atoms with Gasteiger partial charge >= 0.3 is 0 Å². The zero-order valence-corrected chi connectivity index (χ0v) is 10.3. The molecular weight excluding hydrogens is 216 g/mol. The van der Waals surface area contributed by atoms with Gasteiger partial charge in [0.25, 0.3) is 5.91 Å². The Hall–Kier alpha value is -1.71. The first-order valence-electron chi connectivity index (χ1n) is 5.83. The lowest BCUT2D eigenvalue weighted by Crippen LogP contribution is -2.41. The molecule has 2 N–H and O–H groups in total. The number of nitrogens with two attached hydrogens (primary N) is 1. The number of benzene rings is 1. The van der Waals surface area contributed by atoms with E-state index in [1.807, 2.05) is 7.05 Å². The molecule has 1 aromatic carbocycles. The van der Waals surface area contributed by atoms with Crippen LogP contribution in [-0.4, -0.2) is 31.0 Å². The van der Waals surface area contributed by atoms with Gasteiger partial charge in [-0.25, -0.2) is 0 Å². The molecule has 0 atom stereocenters. The van der Waals surface area contributed by atoms with Crippen molar-refractivity contribution in [1.29, 1.82) is 0 Å². The van der Waals surface area contributed by atoms with Crippen LogP contribution in [0.25, 0.3) is 0 Å². The summed E-state index contributed by atoms with van der Waals surface area (Å²) in [5.74, 6) is 0.635. The first-order valence-corrected chi connectivity index (χ1v) is 5.83. The molecule has 4 nitrogen and oxygen atoms in total. The quantitative estimate of drug-likeness (QED) is 0.813. The monoisotopic (exact) mass is 234 g/mol. The fourth-order valence-corrected chi connectivity index (χ4v) is 2.01. The van der Waals surface area contributed by atoms with E-state index in [2.05, 4.69) is 0 Å². The van der Waals surface area contributed by atoms with Crippen LogP contribution in [0.5, 0.6) is 5.75 Å². The summed E-state index contributed by atoms with van der Waals surface area (Å²) >= 11 is 0. The van der Waals surface area contributed by atoms with Gasteiger partial charge in [0.2, 0.25) is 0 Å². The first-order chi connectivity index (χ1) is 8.11. The summed E-state index contributed by atoms with van der Waals surface area (Å²) in [7, 11) is 3.42. The standard InChI is InChI=1S/C13H18N2O2/c1-15(11-4-3-5-11)13(16)9-6-10(14)8-12(7-9)17-2/h6-8,11H,3-5,14H2,1-2H3. The number of methoxy groups -OCH3 is 1. The Bertz CT molecular complexity index is 427. The fraction of sp³-hybridized carbons (Fsp3) is 0.462. The number of hydrogen-bond acceptors (Lipinski definition) is 3. The van der Waals surface area contributed by atoms with Crippen LogP contribution in [0.15, 0.2) is 18.2 Å². The third kappa shape index (κ3) is 2.35. The Morgan fingerprint density at radius 2 is 2.12 bits per heavy atom. The zero-order chi connectivity index (χ0) is 12.4. The van der Waals surface area contributed by atoms with Crippen molar-refractivity contribution in [3.8, 4) is 5.75 Å². The number of carbonyl (C=O) groups excluding carboxylic acids is 1. The lowest BCUT2D eigenvalue weighted by Gasteiger charge is -2.34. The van der Waals surface area contributed by atoms with Crippen LogP contribution in [0.2, 0.25) is 0 Å². The average Bonchev–Trinajstić information content (AvgIpc) is 2.24. The van der Waals surface area contributed by atoms with E-state index in [0.717, 1.165) is 12.8 Å². The summed E-state index contributed by atoms with van der Waals surface area (Å²) < 4.78 is 5.12. The van der Waals surface area contributed by atoms with E-state index in [9.17, 15) is 4.79 Å². The Morgan fingerprint density at radius 3 is 2.65 bits per heavy atom. The molecule has 1 amide bonds. The molecule has 1 saturated carbocycles. The normalized spacial score (nSPS) is 15.2. The van der Waals surface area contributed by atoms with Gasteiger partial charge in [-0.05, 0) is 31.4 Å². The van der Waals surface area contributed by atoms with Crippen molar-refractivity contribution in [1.82, 2.24) is 4.90 Å². The molecule has 0 radical (unpaired) electrons. The summed E-state index contributed by atoms with van der Waals surface area (Å²) in [6.45, 7) is 0. The summed E-state index contributed by atoms with van der Waals surface area (Å²) in [6, 6.07) is 5.52. The minimum absolute atomic E-state index is 0.0142. The van der Waals surface area contributed by atoms with Gasteiger partial charge in [0.1, 0.15) is 5.75 Å². The SMILES string of the molecule is COc1cc(N)cc(C(=O)N(C)C2CCC2)c1. The van der Waals surface area contributed by atoms with Gasteiger partial charge < -0.3 is 15.4 Å². The van der Waals surface area contributed by atoms with Crippen molar-refractivity contribution >= 4 is 11.6 Å². The molecule has 1 aliphatic carbocycles. The third-order valence-electron chi connectivity index (χ3n) is 3.35. The van der Waals surface area contributed by atoms with Gasteiger partial charge in [-0.2, -0.15) is 0 Å². The van der Waals surface area contributed by atoms with Crippen molar-refractivity contribution in [3.05, 3.63) is 23.8 Å². The van der Waals surface area contributed by atoms with Crippen LogP contribution >= 0.6 is 0 Å². The molecule has 0 saturated heterocycles. The number of anilines is 1. The maximum atomic E-state index is 12.2. The van der Waals surface area contributed by atoms with Crippen LogP contribution in [0, 0.1) is 0 Å². The Labute approximate surface area is 101 Å². The van der Waals surface area contributed by atoms with E-state index in [4.69, 9.17) is 10.5 Å². The van der Waals surface area contributed by atoms with Crippen molar-refractivity contribution in [2.75, 3.05) is 19.9 Å². The molecule has 0 spiro atoms. The number of carbonyl (C=O) groups is 1. The van der Waals surface area contributed by atoms with E-state index in [1.54, 1.807) is 30.2 Å². The molecule has 4 heteroatoms. The average molecular weight is 234 g/mol. The number of hydrogen-bond donors (Lipinski definition) is 1. The molecule has 1 aromatic rings. The van der Waals surface area contributed by atoms with Crippen LogP contribution in [0.3, 0.4) is 0 Å². The molecule has 2 rings (SSSR count). The predicted molar refractivity (Wildman–Crippen MR) is 67.1 cm³/mol. The number of amides is 1. The lowest BCUT2D eigenvalue weighted by atomic mass is 9.91. The summed E-state index contributed by atoms with van der Waals surface area (Å²) in [5, 5.41) is 0. The van der Waals surface area contributed by atoms with Crippen molar-refractivity contribution in [2.24, 2.45) is 0 Å². The fourth-order valence-electron chi connectivity index (χ4n) is 2.01. The van der Waals surface area contributed by atoms with E-state index in [0.29, 0.717) is 23.0 Å². The van der Waals surface area contributed by atoms with Crippen LogP contribution in [0.1, 0.15) is 29.6 Å². The van der Waals surface area contributed by atoms with Gasteiger partial charge in [-0.1, -0.05) is 0 Å². The van der Waals surface area contributed by atoms with Crippen LogP contribution in [0.4, 0.5) is 5.69 Å². The third-order valence-corrected chi connectivity index (χ3v) is 3.35.